The molecule has 0 amide bonds. The third-order valence-corrected chi connectivity index (χ3v) is 4.91. The fraction of sp³-hybridized carbons (Fsp3) is 0.304. The molecule has 0 aromatic carbocycles. The molecular weight excluding hydrogens is 392 g/mol. The summed E-state index contributed by atoms with van der Waals surface area (Å²) in [6.45, 7) is 12.5. The maximum atomic E-state index is 6.10. The van der Waals surface area contributed by atoms with Crippen LogP contribution >= 0.6 is 0 Å². The highest BCUT2D eigenvalue weighted by Gasteiger charge is 2.31. The fourth-order valence-electron chi connectivity index (χ4n) is 3.36. The minimum absolute atomic E-state index is 0.00271. The highest BCUT2D eigenvalue weighted by molar-refractivity contribution is 6.03. The highest BCUT2D eigenvalue weighted by Crippen LogP contribution is 2.27. The first-order chi connectivity index (χ1) is 15.1. The first-order valence-electron chi connectivity index (χ1n) is 10.2. The minimum atomic E-state index is 0.00271. The van der Waals surface area contributed by atoms with Crippen LogP contribution in [0.25, 0.3) is 0 Å². The summed E-state index contributed by atoms with van der Waals surface area (Å²) in [5, 5.41) is 1.97. The lowest BCUT2D eigenvalue weighted by atomic mass is 10.1. The Morgan fingerprint density at radius 3 is 2.81 bits per heavy atom. The average molecular weight is 423 g/mol. The summed E-state index contributed by atoms with van der Waals surface area (Å²) in [7, 11) is 1.53. The van der Waals surface area contributed by atoms with Crippen LogP contribution in [0.1, 0.15) is 6.92 Å². The van der Waals surface area contributed by atoms with E-state index in [0.717, 1.165) is 30.3 Å². The van der Waals surface area contributed by atoms with Crippen molar-refractivity contribution in [3.63, 3.8) is 0 Å². The second-order valence-corrected chi connectivity index (χ2v) is 6.92. The van der Waals surface area contributed by atoms with E-state index in [9.17, 15) is 0 Å². The molecular formula is C23H30N6O2. The van der Waals surface area contributed by atoms with Gasteiger partial charge < -0.3 is 20.1 Å². The van der Waals surface area contributed by atoms with Gasteiger partial charge in [0.15, 0.2) is 11.7 Å². The smallest absolute Gasteiger partial charge is 0.193 e. The van der Waals surface area contributed by atoms with Crippen molar-refractivity contribution in [3.05, 3.63) is 84.4 Å². The van der Waals surface area contributed by atoms with Crippen LogP contribution in [0, 0.1) is 0 Å². The molecule has 3 heterocycles. The third kappa shape index (κ3) is 5.22. The van der Waals surface area contributed by atoms with Gasteiger partial charge >= 0.3 is 0 Å². The molecule has 0 bridgehead atoms. The van der Waals surface area contributed by atoms with Gasteiger partial charge in [-0.2, -0.15) is 0 Å². The van der Waals surface area contributed by atoms with Gasteiger partial charge in [0.2, 0.25) is 0 Å². The van der Waals surface area contributed by atoms with Crippen LogP contribution in [0.5, 0.6) is 0 Å². The number of fused-ring (bicyclic) bond motifs is 1. The Kier molecular flexibility index (Phi) is 7.64. The molecule has 1 fully saturated rings. The summed E-state index contributed by atoms with van der Waals surface area (Å²) >= 11 is 0. The summed E-state index contributed by atoms with van der Waals surface area (Å²) < 4.78 is 10.8. The number of aliphatic imine (C=N–C) groups is 2. The van der Waals surface area contributed by atoms with E-state index in [1.54, 1.807) is 12.3 Å². The summed E-state index contributed by atoms with van der Waals surface area (Å²) in [5.74, 6) is 2.58. The topological polar surface area (TPSA) is 87.7 Å². The summed E-state index contributed by atoms with van der Waals surface area (Å²) in [6.07, 6.45) is 14.9. The van der Waals surface area contributed by atoms with Crippen molar-refractivity contribution in [1.29, 1.82) is 0 Å². The first-order valence-corrected chi connectivity index (χ1v) is 10.2. The Balaban J connectivity index is 1.98. The lowest BCUT2D eigenvalue weighted by Crippen LogP contribution is -2.47. The predicted octanol–water partition coefficient (Wildman–Crippen LogP) is 2.36. The van der Waals surface area contributed by atoms with Crippen LogP contribution in [0.15, 0.2) is 94.3 Å². The van der Waals surface area contributed by atoms with Crippen LogP contribution in [-0.2, 0) is 9.47 Å². The van der Waals surface area contributed by atoms with Gasteiger partial charge in [-0.25, -0.2) is 20.4 Å². The number of methoxy groups -OCH3 is 1. The van der Waals surface area contributed by atoms with Crippen LogP contribution < -0.4 is 11.2 Å². The van der Waals surface area contributed by atoms with E-state index in [1.807, 2.05) is 48.4 Å². The van der Waals surface area contributed by atoms with E-state index in [-0.39, 0.29) is 11.9 Å². The number of hydrogen-bond donors (Lipinski definition) is 2. The highest BCUT2D eigenvalue weighted by atomic mass is 16.5. The van der Waals surface area contributed by atoms with Crippen molar-refractivity contribution in [3.8, 4) is 0 Å². The molecule has 0 radical (unpaired) electrons. The molecule has 8 nitrogen and oxygen atoms in total. The number of nitrogens with two attached hydrogens (primary N) is 1. The van der Waals surface area contributed by atoms with E-state index in [2.05, 4.69) is 28.5 Å². The Morgan fingerprint density at radius 1 is 1.39 bits per heavy atom. The largest absolute Gasteiger partial charge is 0.482 e. The SMILES string of the molecule is C=C/C=C(\C=C/C)C(/C=NC1=NC2=CC(C=C)NN2C(N2CCOCC2)=C1)=C(/N)OC. The number of hydrogen-bond acceptors (Lipinski definition) is 8. The zero-order valence-electron chi connectivity index (χ0n) is 18.1. The Labute approximate surface area is 183 Å². The van der Waals surface area contributed by atoms with Crippen molar-refractivity contribution >= 4 is 12.1 Å². The maximum absolute atomic E-state index is 6.10. The fourth-order valence-corrected chi connectivity index (χ4v) is 3.36. The van der Waals surface area contributed by atoms with Gasteiger partial charge in [-0.1, -0.05) is 37.0 Å². The van der Waals surface area contributed by atoms with E-state index in [4.69, 9.17) is 20.2 Å². The van der Waals surface area contributed by atoms with E-state index >= 15 is 0 Å². The number of rotatable bonds is 7. The Morgan fingerprint density at radius 2 is 2.16 bits per heavy atom. The molecule has 1 unspecified atom stereocenters. The lowest BCUT2D eigenvalue weighted by Gasteiger charge is -2.37. The summed E-state index contributed by atoms with van der Waals surface area (Å²) in [4.78, 5) is 11.6. The van der Waals surface area contributed by atoms with Gasteiger partial charge in [-0.3, -0.25) is 0 Å². The van der Waals surface area contributed by atoms with Crippen molar-refractivity contribution in [2.45, 2.75) is 13.0 Å². The van der Waals surface area contributed by atoms with Crippen molar-refractivity contribution in [2.24, 2.45) is 15.7 Å². The van der Waals surface area contributed by atoms with Gasteiger partial charge in [0.05, 0.1) is 31.9 Å². The van der Waals surface area contributed by atoms with Crippen LogP contribution in [0.3, 0.4) is 0 Å². The number of nitrogens with one attached hydrogen (secondary N) is 1. The molecule has 8 heteroatoms. The van der Waals surface area contributed by atoms with Gasteiger partial charge in [0.1, 0.15) is 11.6 Å². The molecule has 0 spiro atoms. The zero-order chi connectivity index (χ0) is 22.2. The molecule has 0 aliphatic carbocycles. The standard InChI is InChI=1S/C23H30N6O2/c1-5-8-17(9-6-2)19(23(24)30-4)16-25-20-15-22(28-10-12-31-13-11-28)29-21(26-20)14-18(7-3)27-29/h5-9,14-16,18,27H,1,3,10-13,24H2,2,4H3/b9-6-,17-8+,23-19-,25-16?. The minimum Gasteiger partial charge on any atom is -0.482 e. The van der Waals surface area contributed by atoms with Crippen molar-refractivity contribution in [1.82, 2.24) is 15.3 Å². The summed E-state index contributed by atoms with van der Waals surface area (Å²) in [6, 6.07) is 0.00271. The van der Waals surface area contributed by atoms with Crippen LogP contribution in [0.2, 0.25) is 0 Å². The quantitative estimate of drug-likeness (QED) is 0.283. The molecule has 3 aliphatic rings. The Bertz CT molecular complexity index is 916. The molecule has 1 atom stereocenters. The molecule has 0 aromatic rings. The monoisotopic (exact) mass is 422 g/mol. The van der Waals surface area contributed by atoms with E-state index in [1.165, 1.54) is 7.11 Å². The zero-order valence-corrected chi connectivity index (χ0v) is 18.1. The number of morpholine rings is 1. The van der Waals surface area contributed by atoms with Gasteiger partial charge in [0.25, 0.3) is 0 Å². The maximum Gasteiger partial charge on any atom is 0.193 e. The van der Waals surface area contributed by atoms with Crippen molar-refractivity contribution in [2.75, 3.05) is 33.4 Å². The van der Waals surface area contributed by atoms with Crippen molar-refractivity contribution < 1.29 is 9.47 Å². The van der Waals surface area contributed by atoms with Crippen LogP contribution in [-0.4, -0.2) is 61.4 Å². The molecule has 1 saturated heterocycles. The normalized spacial score (nSPS) is 22.7. The van der Waals surface area contributed by atoms with Gasteiger partial charge in [-0.15, -0.1) is 6.58 Å². The average Bonchev–Trinajstić information content (AvgIpc) is 3.22. The molecule has 31 heavy (non-hydrogen) atoms. The van der Waals surface area contributed by atoms with E-state index in [0.29, 0.717) is 24.6 Å². The number of ether oxygens (including phenoxy) is 2. The molecule has 3 rings (SSSR count). The number of hydrazine groups is 1. The number of allylic oxidation sites excluding steroid dienone is 6. The van der Waals surface area contributed by atoms with Crippen LogP contribution in [0.4, 0.5) is 0 Å². The van der Waals surface area contributed by atoms with Gasteiger partial charge in [-0.05, 0) is 18.6 Å². The predicted molar refractivity (Wildman–Crippen MR) is 125 cm³/mol. The molecule has 3 N–H and O–H groups in total. The second kappa shape index (κ2) is 10.6. The third-order valence-electron chi connectivity index (χ3n) is 4.91. The number of nitrogens with zero attached hydrogens (tertiary/aromatic N) is 4. The second-order valence-electron chi connectivity index (χ2n) is 6.92. The van der Waals surface area contributed by atoms with E-state index < -0.39 is 0 Å². The number of amidine groups is 1. The molecule has 0 saturated carbocycles. The first kappa shape index (κ1) is 22.3. The lowest BCUT2D eigenvalue weighted by molar-refractivity contribution is 0.0366. The molecule has 164 valence electrons. The summed E-state index contributed by atoms with van der Waals surface area (Å²) in [5.41, 5.74) is 11.0. The molecule has 3 aliphatic heterocycles. The molecule has 0 aromatic heterocycles. The van der Waals surface area contributed by atoms with Gasteiger partial charge in [0, 0.05) is 25.4 Å². The Hall–Kier alpha value is -3.36.